The summed E-state index contributed by atoms with van der Waals surface area (Å²) >= 11 is 0.645. The third kappa shape index (κ3) is 6.55. The molecule has 4 rings (SSSR count). The maximum Gasteiger partial charge on any atom is 0.294 e. The Hall–Kier alpha value is -3.97. The van der Waals surface area contributed by atoms with Crippen LogP contribution in [0.1, 0.15) is 24.5 Å². The van der Waals surface area contributed by atoms with E-state index in [2.05, 4.69) is 10.1 Å². The van der Waals surface area contributed by atoms with Gasteiger partial charge in [0.1, 0.15) is 42.3 Å². The van der Waals surface area contributed by atoms with Crippen LogP contribution in [0, 0.1) is 17.5 Å². The van der Waals surface area contributed by atoms with Crippen molar-refractivity contribution < 1.29 is 32.7 Å². The Morgan fingerprint density at radius 3 is 2.49 bits per heavy atom. The number of benzene rings is 2. The van der Waals surface area contributed by atoms with Crippen molar-refractivity contribution in [3.05, 3.63) is 88.6 Å². The van der Waals surface area contributed by atoms with Crippen LogP contribution in [0.15, 0.2) is 60.0 Å². The zero-order valence-electron chi connectivity index (χ0n) is 20.8. The van der Waals surface area contributed by atoms with E-state index in [0.29, 0.717) is 29.8 Å². The number of rotatable bonds is 10. The molecule has 0 radical (unpaired) electrons. The molecule has 3 aromatic rings. The van der Waals surface area contributed by atoms with Crippen LogP contribution in [0.25, 0.3) is 6.08 Å². The summed E-state index contributed by atoms with van der Waals surface area (Å²) in [5, 5.41) is 14.9. The van der Waals surface area contributed by atoms with Crippen molar-refractivity contribution in [3.8, 4) is 0 Å². The van der Waals surface area contributed by atoms with E-state index in [-0.39, 0.29) is 23.6 Å². The summed E-state index contributed by atoms with van der Waals surface area (Å²) in [7, 11) is 0. The van der Waals surface area contributed by atoms with Gasteiger partial charge in [-0.05, 0) is 48.0 Å². The van der Waals surface area contributed by atoms with Gasteiger partial charge in [-0.15, -0.1) is 0 Å². The van der Waals surface area contributed by atoms with Crippen LogP contribution in [0.4, 0.5) is 18.0 Å². The highest BCUT2D eigenvalue weighted by Gasteiger charge is 2.40. The van der Waals surface area contributed by atoms with Crippen molar-refractivity contribution in [2.45, 2.75) is 25.5 Å². The van der Waals surface area contributed by atoms with Gasteiger partial charge in [0.25, 0.3) is 11.1 Å². The third-order valence-electron chi connectivity index (χ3n) is 5.96. The van der Waals surface area contributed by atoms with E-state index < -0.39 is 53.2 Å². The summed E-state index contributed by atoms with van der Waals surface area (Å²) in [6, 6.07) is 8.03. The number of imide groups is 1. The molecule has 0 saturated carbocycles. The molecule has 1 atom stereocenters. The molecule has 39 heavy (non-hydrogen) atoms. The molecule has 0 spiro atoms. The molecule has 1 aromatic heterocycles. The zero-order chi connectivity index (χ0) is 28.2. The fraction of sp³-hybridized carbons (Fsp3) is 0.269. The van der Waals surface area contributed by atoms with Crippen molar-refractivity contribution in [1.82, 2.24) is 24.6 Å². The van der Waals surface area contributed by atoms with Gasteiger partial charge in [-0.1, -0.05) is 25.1 Å². The Morgan fingerprint density at radius 2 is 1.85 bits per heavy atom. The molecule has 0 aliphatic carbocycles. The Morgan fingerprint density at radius 1 is 1.13 bits per heavy atom. The van der Waals surface area contributed by atoms with E-state index in [1.165, 1.54) is 52.6 Å². The second-order valence-electron chi connectivity index (χ2n) is 8.88. The summed E-state index contributed by atoms with van der Waals surface area (Å²) in [6.45, 7) is 0.523. The molecular formula is C26H24F3N5O4S. The second kappa shape index (κ2) is 11.8. The third-order valence-corrected chi connectivity index (χ3v) is 6.86. The minimum atomic E-state index is -2.06. The topological polar surface area (TPSA) is 109 Å². The van der Waals surface area contributed by atoms with E-state index in [9.17, 15) is 32.7 Å². The molecular weight excluding hydrogens is 535 g/mol. The molecule has 1 aliphatic rings. The van der Waals surface area contributed by atoms with Gasteiger partial charge in [0.15, 0.2) is 0 Å². The number of amides is 3. The lowest BCUT2D eigenvalue weighted by molar-refractivity contribution is -0.139. The van der Waals surface area contributed by atoms with Crippen LogP contribution in [0.3, 0.4) is 0 Å². The average Bonchev–Trinajstić information content (AvgIpc) is 3.48. The van der Waals surface area contributed by atoms with Crippen LogP contribution in [0.2, 0.25) is 0 Å². The van der Waals surface area contributed by atoms with E-state index in [1.54, 1.807) is 6.92 Å². The average molecular weight is 560 g/mol. The molecule has 1 unspecified atom stereocenters. The minimum Gasteiger partial charge on any atom is -0.381 e. The zero-order valence-corrected chi connectivity index (χ0v) is 21.6. The summed E-state index contributed by atoms with van der Waals surface area (Å²) in [6.07, 6.45) is 4.39. The number of aliphatic hydroxyl groups is 1. The van der Waals surface area contributed by atoms with Crippen molar-refractivity contribution in [2.24, 2.45) is 0 Å². The largest absolute Gasteiger partial charge is 0.381 e. The predicted molar refractivity (Wildman–Crippen MR) is 136 cm³/mol. The van der Waals surface area contributed by atoms with Crippen LogP contribution in [-0.2, 0) is 21.7 Å². The molecule has 3 amide bonds. The SMILES string of the molecule is CCCN(CC(O)(Cn1cncn1)c1ccc(F)cc1F)C(=O)CN1C(=O)SC(=Cc2ccc(F)cc2)C1=O. The van der Waals surface area contributed by atoms with Gasteiger partial charge in [0.05, 0.1) is 18.0 Å². The summed E-state index contributed by atoms with van der Waals surface area (Å²) in [5.41, 5.74) is -1.82. The Kier molecular flexibility index (Phi) is 8.51. The highest BCUT2D eigenvalue weighted by Crippen LogP contribution is 2.33. The fourth-order valence-electron chi connectivity index (χ4n) is 4.13. The quantitative estimate of drug-likeness (QED) is 0.379. The van der Waals surface area contributed by atoms with E-state index in [1.807, 2.05) is 0 Å². The van der Waals surface area contributed by atoms with Gasteiger partial charge in [-0.3, -0.25) is 19.3 Å². The van der Waals surface area contributed by atoms with Gasteiger partial charge >= 0.3 is 0 Å². The van der Waals surface area contributed by atoms with Gasteiger partial charge in [-0.25, -0.2) is 22.8 Å². The maximum absolute atomic E-state index is 14.8. The van der Waals surface area contributed by atoms with Gasteiger partial charge < -0.3 is 10.0 Å². The number of halogens is 3. The Bertz CT molecular complexity index is 1400. The first-order chi connectivity index (χ1) is 18.6. The fourth-order valence-corrected chi connectivity index (χ4v) is 4.97. The second-order valence-corrected chi connectivity index (χ2v) is 9.88. The molecule has 2 aromatic carbocycles. The summed E-state index contributed by atoms with van der Waals surface area (Å²) < 4.78 is 42.9. The summed E-state index contributed by atoms with van der Waals surface area (Å²) in [4.78, 5) is 44.7. The number of hydrogen-bond donors (Lipinski definition) is 1. The number of aromatic nitrogens is 3. The number of hydrogen-bond acceptors (Lipinski definition) is 7. The van der Waals surface area contributed by atoms with Crippen molar-refractivity contribution >= 4 is 34.9 Å². The monoisotopic (exact) mass is 559 g/mol. The molecule has 204 valence electrons. The van der Waals surface area contributed by atoms with E-state index in [4.69, 9.17) is 0 Å². The molecule has 1 N–H and O–H groups in total. The standard InChI is InChI=1S/C26H24F3N5O4S/c1-2-9-32(13-26(38,14-33-16-30-15-31-33)20-8-7-19(28)11-21(20)29)23(35)12-34-24(36)22(39-25(34)37)10-17-3-5-18(27)6-4-17/h3-8,10-11,15-16,38H,2,9,12-14H2,1H3. The molecule has 9 nitrogen and oxygen atoms in total. The number of thioether (sulfide) groups is 1. The molecule has 1 aliphatic heterocycles. The highest BCUT2D eigenvalue weighted by atomic mass is 32.2. The molecule has 13 heteroatoms. The van der Waals surface area contributed by atoms with Gasteiger partial charge in [0, 0.05) is 18.2 Å². The van der Waals surface area contributed by atoms with E-state index >= 15 is 0 Å². The Labute approximate surface area is 225 Å². The number of nitrogens with zero attached hydrogens (tertiary/aromatic N) is 5. The van der Waals surface area contributed by atoms with Gasteiger partial charge in [0.2, 0.25) is 5.91 Å². The first-order valence-electron chi connectivity index (χ1n) is 11.9. The first kappa shape index (κ1) is 28.0. The summed E-state index contributed by atoms with van der Waals surface area (Å²) in [5.74, 6) is -3.67. The van der Waals surface area contributed by atoms with E-state index in [0.717, 1.165) is 17.0 Å². The maximum atomic E-state index is 14.8. The smallest absolute Gasteiger partial charge is 0.294 e. The number of carbonyl (C=O) groups is 3. The molecule has 1 fully saturated rings. The highest BCUT2D eigenvalue weighted by molar-refractivity contribution is 8.18. The first-order valence-corrected chi connectivity index (χ1v) is 12.7. The normalized spacial score (nSPS) is 16.1. The lowest BCUT2D eigenvalue weighted by Crippen LogP contribution is -2.50. The molecule has 0 bridgehead atoms. The van der Waals surface area contributed by atoms with Crippen LogP contribution >= 0.6 is 11.8 Å². The van der Waals surface area contributed by atoms with Crippen LogP contribution in [0.5, 0.6) is 0 Å². The molecule has 1 saturated heterocycles. The van der Waals surface area contributed by atoms with Crippen LogP contribution < -0.4 is 0 Å². The minimum absolute atomic E-state index is 0.0671. The lowest BCUT2D eigenvalue weighted by Gasteiger charge is -2.35. The van der Waals surface area contributed by atoms with Crippen molar-refractivity contribution in [2.75, 3.05) is 19.6 Å². The predicted octanol–water partition coefficient (Wildman–Crippen LogP) is 3.56. The van der Waals surface area contributed by atoms with Crippen LogP contribution in [-0.4, -0.2) is 66.4 Å². The number of carbonyl (C=O) groups excluding carboxylic acids is 3. The molecule has 2 heterocycles. The van der Waals surface area contributed by atoms with Crippen molar-refractivity contribution in [1.29, 1.82) is 0 Å². The van der Waals surface area contributed by atoms with Gasteiger partial charge in [-0.2, -0.15) is 5.10 Å². The lowest BCUT2D eigenvalue weighted by atomic mass is 9.92. The Balaban J connectivity index is 1.57. The van der Waals surface area contributed by atoms with Crippen molar-refractivity contribution in [3.63, 3.8) is 0 Å².